The van der Waals surface area contributed by atoms with E-state index in [0.717, 1.165) is 11.1 Å². The molecule has 0 spiro atoms. The van der Waals surface area contributed by atoms with Crippen molar-refractivity contribution in [3.05, 3.63) is 71.3 Å². The molecule has 116 valence electrons. The van der Waals surface area contributed by atoms with E-state index in [1.54, 1.807) is 0 Å². The number of Topliss-reactive ketones (excluding diaryl/α,β-unsaturated/α-hetero) is 1. The zero-order valence-corrected chi connectivity index (χ0v) is 12.9. The predicted molar refractivity (Wildman–Crippen MR) is 88.5 cm³/mol. The minimum Gasteiger partial charge on any atom is -0.387 e. The molecule has 2 aromatic rings. The van der Waals surface area contributed by atoms with E-state index in [1.165, 1.54) is 5.56 Å². The number of carbonyl (C=O) groups excluding carboxylic acids is 1. The van der Waals surface area contributed by atoms with Crippen LogP contribution < -0.4 is 5.73 Å². The third kappa shape index (κ3) is 4.79. The van der Waals surface area contributed by atoms with E-state index in [2.05, 4.69) is 0 Å². The SMILES string of the molecule is Cc1ccc(CC(=O)CC[C@@H](N)C(O)c2ccccc2)cc1. The summed E-state index contributed by atoms with van der Waals surface area (Å²) in [5.74, 6) is 0.152. The number of rotatable bonds is 7. The molecule has 0 radical (unpaired) electrons. The van der Waals surface area contributed by atoms with Gasteiger partial charge in [0.2, 0.25) is 0 Å². The lowest BCUT2D eigenvalue weighted by Crippen LogP contribution is -2.29. The van der Waals surface area contributed by atoms with E-state index in [1.807, 2.05) is 61.5 Å². The molecule has 3 N–H and O–H groups in total. The lowest BCUT2D eigenvalue weighted by molar-refractivity contribution is -0.118. The van der Waals surface area contributed by atoms with Crippen LogP contribution in [0.5, 0.6) is 0 Å². The fourth-order valence-corrected chi connectivity index (χ4v) is 2.40. The summed E-state index contributed by atoms with van der Waals surface area (Å²) in [6.45, 7) is 2.02. The molecule has 2 aromatic carbocycles. The van der Waals surface area contributed by atoms with Crippen LogP contribution >= 0.6 is 0 Å². The van der Waals surface area contributed by atoms with Gasteiger partial charge in [0.25, 0.3) is 0 Å². The van der Waals surface area contributed by atoms with E-state index in [4.69, 9.17) is 5.73 Å². The van der Waals surface area contributed by atoms with E-state index in [9.17, 15) is 9.90 Å². The summed E-state index contributed by atoms with van der Waals surface area (Å²) in [6.07, 6.45) is 0.571. The van der Waals surface area contributed by atoms with Gasteiger partial charge in [-0.3, -0.25) is 4.79 Å². The van der Waals surface area contributed by atoms with Gasteiger partial charge in [0, 0.05) is 18.9 Å². The maximum atomic E-state index is 12.0. The second-order valence-electron chi connectivity index (χ2n) is 5.76. The van der Waals surface area contributed by atoms with Crippen molar-refractivity contribution in [2.24, 2.45) is 5.73 Å². The molecule has 0 saturated heterocycles. The molecule has 0 aliphatic carbocycles. The Bertz CT molecular complexity index is 593. The first-order chi connectivity index (χ1) is 10.6. The van der Waals surface area contributed by atoms with Crippen LogP contribution in [0.1, 0.15) is 35.6 Å². The number of hydrogen-bond acceptors (Lipinski definition) is 3. The van der Waals surface area contributed by atoms with Crippen molar-refractivity contribution < 1.29 is 9.90 Å². The third-order valence-corrected chi connectivity index (χ3v) is 3.83. The first-order valence-corrected chi connectivity index (χ1v) is 7.62. The summed E-state index contributed by atoms with van der Waals surface area (Å²) in [5, 5.41) is 10.2. The Labute approximate surface area is 131 Å². The first-order valence-electron chi connectivity index (χ1n) is 7.62. The smallest absolute Gasteiger partial charge is 0.137 e. The van der Waals surface area contributed by atoms with Gasteiger partial charge in [-0.15, -0.1) is 0 Å². The number of hydrogen-bond donors (Lipinski definition) is 2. The molecular formula is C19H23NO2. The number of aryl methyl sites for hydroxylation is 1. The van der Waals surface area contributed by atoms with Crippen molar-refractivity contribution in [2.75, 3.05) is 0 Å². The lowest BCUT2D eigenvalue weighted by Gasteiger charge is -2.18. The van der Waals surface area contributed by atoms with Crippen LogP contribution in [0.25, 0.3) is 0 Å². The molecule has 2 rings (SSSR count). The molecule has 22 heavy (non-hydrogen) atoms. The summed E-state index contributed by atoms with van der Waals surface area (Å²) in [6, 6.07) is 16.9. The fraction of sp³-hybridized carbons (Fsp3) is 0.316. The van der Waals surface area contributed by atoms with Gasteiger partial charge in [-0.2, -0.15) is 0 Å². The molecule has 0 aliphatic heterocycles. The average Bonchev–Trinajstić information content (AvgIpc) is 2.55. The van der Waals surface area contributed by atoms with Gasteiger partial charge < -0.3 is 10.8 Å². The Morgan fingerprint density at radius 1 is 1.09 bits per heavy atom. The summed E-state index contributed by atoms with van der Waals surface area (Å²) in [5.41, 5.74) is 9.01. The molecule has 0 aromatic heterocycles. The Kier molecular flexibility index (Phi) is 5.87. The Morgan fingerprint density at radius 3 is 2.36 bits per heavy atom. The summed E-state index contributed by atoms with van der Waals surface area (Å²) >= 11 is 0. The lowest BCUT2D eigenvalue weighted by atomic mass is 9.96. The van der Waals surface area contributed by atoms with Gasteiger partial charge in [-0.1, -0.05) is 60.2 Å². The largest absolute Gasteiger partial charge is 0.387 e. The molecule has 3 heteroatoms. The molecule has 0 heterocycles. The molecule has 0 saturated carbocycles. The van der Waals surface area contributed by atoms with E-state index >= 15 is 0 Å². The van der Waals surface area contributed by atoms with Crippen molar-refractivity contribution in [1.82, 2.24) is 0 Å². The molecule has 1 unspecified atom stereocenters. The zero-order valence-electron chi connectivity index (χ0n) is 12.9. The molecule has 0 aliphatic rings. The van der Waals surface area contributed by atoms with Crippen LogP contribution in [0.3, 0.4) is 0 Å². The zero-order chi connectivity index (χ0) is 15.9. The van der Waals surface area contributed by atoms with E-state index in [0.29, 0.717) is 19.3 Å². The van der Waals surface area contributed by atoms with E-state index < -0.39 is 12.1 Å². The minimum atomic E-state index is -0.728. The number of aliphatic hydroxyl groups is 1. The monoisotopic (exact) mass is 297 g/mol. The molecule has 0 fully saturated rings. The van der Waals surface area contributed by atoms with Crippen molar-refractivity contribution in [3.63, 3.8) is 0 Å². The maximum Gasteiger partial charge on any atom is 0.137 e. The maximum absolute atomic E-state index is 12.0. The molecule has 3 nitrogen and oxygen atoms in total. The normalized spacial score (nSPS) is 13.6. The van der Waals surface area contributed by atoms with Crippen LogP contribution in [0.2, 0.25) is 0 Å². The van der Waals surface area contributed by atoms with Gasteiger partial charge in [-0.25, -0.2) is 0 Å². The summed E-state index contributed by atoms with van der Waals surface area (Å²) in [7, 11) is 0. The average molecular weight is 297 g/mol. The molecular weight excluding hydrogens is 274 g/mol. The summed E-state index contributed by atoms with van der Waals surface area (Å²) < 4.78 is 0. The van der Waals surface area contributed by atoms with Crippen LogP contribution in [-0.4, -0.2) is 16.9 Å². The first kappa shape index (κ1) is 16.4. The van der Waals surface area contributed by atoms with Gasteiger partial charge in [-0.05, 0) is 24.5 Å². The summed E-state index contributed by atoms with van der Waals surface area (Å²) in [4.78, 5) is 12.0. The fourth-order valence-electron chi connectivity index (χ4n) is 2.40. The topological polar surface area (TPSA) is 63.3 Å². The highest BCUT2D eigenvalue weighted by molar-refractivity contribution is 5.80. The minimum absolute atomic E-state index is 0.152. The van der Waals surface area contributed by atoms with Crippen molar-refractivity contribution >= 4 is 5.78 Å². The van der Waals surface area contributed by atoms with Crippen molar-refractivity contribution in [3.8, 4) is 0 Å². The molecule has 0 bridgehead atoms. The highest BCUT2D eigenvalue weighted by Crippen LogP contribution is 2.18. The quantitative estimate of drug-likeness (QED) is 0.826. The number of benzene rings is 2. The number of nitrogens with two attached hydrogens (primary N) is 1. The van der Waals surface area contributed by atoms with Crippen molar-refractivity contribution in [1.29, 1.82) is 0 Å². The van der Waals surface area contributed by atoms with Crippen LogP contribution in [0.4, 0.5) is 0 Å². The number of carbonyl (C=O) groups is 1. The Balaban J connectivity index is 1.81. The van der Waals surface area contributed by atoms with Gasteiger partial charge in [0.05, 0.1) is 6.10 Å². The van der Waals surface area contributed by atoms with Gasteiger partial charge in [0.1, 0.15) is 5.78 Å². The highest BCUT2D eigenvalue weighted by atomic mass is 16.3. The Hall–Kier alpha value is -1.97. The second-order valence-corrected chi connectivity index (χ2v) is 5.76. The standard InChI is InChI=1S/C19H23NO2/c1-14-7-9-15(10-8-14)13-17(21)11-12-18(20)19(22)16-5-3-2-4-6-16/h2-10,18-19,22H,11-13,20H2,1H3/t18-,19?/m1/s1. The highest BCUT2D eigenvalue weighted by Gasteiger charge is 2.17. The van der Waals surface area contributed by atoms with Crippen molar-refractivity contribution in [2.45, 2.75) is 38.3 Å². The van der Waals surface area contributed by atoms with E-state index in [-0.39, 0.29) is 5.78 Å². The van der Waals surface area contributed by atoms with Gasteiger partial charge >= 0.3 is 0 Å². The number of aliphatic hydroxyl groups excluding tert-OH is 1. The third-order valence-electron chi connectivity index (χ3n) is 3.83. The number of ketones is 1. The van der Waals surface area contributed by atoms with Crippen LogP contribution in [0, 0.1) is 6.92 Å². The molecule has 0 amide bonds. The van der Waals surface area contributed by atoms with Crippen LogP contribution in [-0.2, 0) is 11.2 Å². The van der Waals surface area contributed by atoms with Crippen LogP contribution in [0.15, 0.2) is 54.6 Å². The second kappa shape index (κ2) is 7.87. The Morgan fingerprint density at radius 2 is 1.73 bits per heavy atom. The van der Waals surface area contributed by atoms with Gasteiger partial charge in [0.15, 0.2) is 0 Å². The predicted octanol–water partition coefficient (Wildman–Crippen LogP) is 2.95. The molecule has 2 atom stereocenters.